The van der Waals surface area contributed by atoms with E-state index >= 15 is 0 Å². The molecule has 0 saturated heterocycles. The van der Waals surface area contributed by atoms with Gasteiger partial charge in [-0.15, -0.1) is 0 Å². The lowest BCUT2D eigenvalue weighted by molar-refractivity contribution is 0.0524. The molecule has 1 aromatic carbocycles. The van der Waals surface area contributed by atoms with E-state index in [-0.39, 0.29) is 35.2 Å². The Morgan fingerprint density at radius 3 is 2.58 bits per heavy atom. The van der Waals surface area contributed by atoms with Crippen LogP contribution in [-0.4, -0.2) is 17.1 Å². The second-order valence-electron chi connectivity index (χ2n) is 5.48. The predicted octanol–water partition coefficient (Wildman–Crippen LogP) is 2.61. The summed E-state index contributed by atoms with van der Waals surface area (Å²) < 4.78 is 12.0. The van der Waals surface area contributed by atoms with Crippen LogP contribution in [0.3, 0.4) is 0 Å². The van der Waals surface area contributed by atoms with Gasteiger partial charge in [0.25, 0.3) is 5.56 Å². The average molecular weight is 327 g/mol. The van der Waals surface area contributed by atoms with Gasteiger partial charge in [0.05, 0.1) is 17.4 Å². The number of esters is 1. The Morgan fingerprint density at radius 2 is 1.92 bits per heavy atom. The third-order valence-electron chi connectivity index (χ3n) is 3.88. The highest BCUT2D eigenvalue weighted by Gasteiger charge is 2.20. The maximum absolute atomic E-state index is 12.8. The van der Waals surface area contributed by atoms with Crippen molar-refractivity contribution < 1.29 is 13.9 Å². The van der Waals surface area contributed by atoms with Gasteiger partial charge in [0, 0.05) is 6.54 Å². The molecule has 0 bridgehead atoms. The molecule has 3 aromatic rings. The van der Waals surface area contributed by atoms with E-state index in [1.54, 1.807) is 26.0 Å². The second-order valence-corrected chi connectivity index (χ2v) is 5.48. The molecule has 6 nitrogen and oxygen atoms in total. The van der Waals surface area contributed by atoms with Crippen molar-refractivity contribution in [2.75, 3.05) is 6.61 Å². The van der Waals surface area contributed by atoms with Crippen molar-refractivity contribution in [3.63, 3.8) is 0 Å². The van der Waals surface area contributed by atoms with E-state index in [0.717, 1.165) is 5.56 Å². The fraction of sp³-hybridized carbons (Fsp3) is 0.278. The van der Waals surface area contributed by atoms with E-state index in [9.17, 15) is 14.4 Å². The lowest BCUT2D eigenvalue weighted by Crippen LogP contribution is -2.28. The molecule has 0 unspecified atom stereocenters. The molecule has 0 atom stereocenters. The van der Waals surface area contributed by atoms with Crippen LogP contribution < -0.4 is 11.0 Å². The molecule has 0 fully saturated rings. The number of hydrogen-bond donors (Lipinski definition) is 0. The zero-order valence-corrected chi connectivity index (χ0v) is 13.7. The van der Waals surface area contributed by atoms with Crippen LogP contribution in [0.5, 0.6) is 0 Å². The van der Waals surface area contributed by atoms with Gasteiger partial charge in [-0.3, -0.25) is 14.2 Å². The minimum atomic E-state index is -0.740. The Hall–Kier alpha value is -2.89. The van der Waals surface area contributed by atoms with E-state index < -0.39 is 11.5 Å². The van der Waals surface area contributed by atoms with Crippen LogP contribution in [0.25, 0.3) is 22.1 Å². The molecule has 124 valence electrons. The normalized spacial score (nSPS) is 11.1. The van der Waals surface area contributed by atoms with E-state index in [2.05, 4.69) is 0 Å². The summed E-state index contributed by atoms with van der Waals surface area (Å²) in [4.78, 5) is 37.4. The lowest BCUT2D eigenvalue weighted by atomic mass is 10.1. The number of carbonyl (C=O) groups is 1. The average Bonchev–Trinajstić information content (AvgIpc) is 2.55. The summed E-state index contributed by atoms with van der Waals surface area (Å²) in [6.45, 7) is 5.69. The zero-order valence-electron chi connectivity index (χ0n) is 13.7. The molecular weight excluding hydrogens is 310 g/mol. The van der Waals surface area contributed by atoms with Crippen LogP contribution in [-0.2, 0) is 11.3 Å². The summed E-state index contributed by atoms with van der Waals surface area (Å²) >= 11 is 0. The topological polar surface area (TPSA) is 78.5 Å². The number of aromatic nitrogens is 1. The van der Waals surface area contributed by atoms with E-state index in [1.165, 1.54) is 10.6 Å². The molecule has 0 spiro atoms. The summed E-state index contributed by atoms with van der Waals surface area (Å²) in [6, 6.07) is 6.54. The Labute approximate surface area is 137 Å². The number of carbonyl (C=O) groups excluding carboxylic acids is 1. The smallest absolute Gasteiger partial charge is 0.343 e. The van der Waals surface area contributed by atoms with Crippen molar-refractivity contribution in [2.45, 2.75) is 27.3 Å². The Balaban J connectivity index is 2.48. The van der Waals surface area contributed by atoms with Crippen LogP contribution >= 0.6 is 0 Å². The van der Waals surface area contributed by atoms with Crippen molar-refractivity contribution in [1.82, 2.24) is 4.57 Å². The molecule has 0 aliphatic carbocycles. The number of fused-ring (bicyclic) bond motifs is 2. The minimum Gasteiger partial charge on any atom is -0.462 e. The third kappa shape index (κ3) is 2.40. The summed E-state index contributed by atoms with van der Waals surface area (Å²) in [5.41, 5.74) is 0.523. The first-order chi connectivity index (χ1) is 11.5. The van der Waals surface area contributed by atoms with E-state index in [1.807, 2.05) is 13.0 Å². The number of benzene rings is 1. The van der Waals surface area contributed by atoms with Gasteiger partial charge in [-0.1, -0.05) is 11.6 Å². The highest BCUT2D eigenvalue weighted by atomic mass is 16.5. The van der Waals surface area contributed by atoms with Crippen molar-refractivity contribution in [3.05, 3.63) is 56.0 Å². The van der Waals surface area contributed by atoms with Crippen LogP contribution in [0.15, 0.2) is 38.3 Å². The molecule has 24 heavy (non-hydrogen) atoms. The highest BCUT2D eigenvalue weighted by Crippen LogP contribution is 2.19. The van der Waals surface area contributed by atoms with Gasteiger partial charge in [0.2, 0.25) is 11.1 Å². The van der Waals surface area contributed by atoms with E-state index in [0.29, 0.717) is 11.0 Å². The van der Waals surface area contributed by atoms with Gasteiger partial charge >= 0.3 is 5.97 Å². The van der Waals surface area contributed by atoms with Gasteiger partial charge in [-0.05, 0) is 39.0 Å². The van der Waals surface area contributed by atoms with Crippen LogP contribution in [0.4, 0.5) is 0 Å². The van der Waals surface area contributed by atoms with Gasteiger partial charge < -0.3 is 9.15 Å². The molecule has 0 amide bonds. The zero-order chi connectivity index (χ0) is 17.4. The first-order valence-electron chi connectivity index (χ1n) is 7.76. The Bertz CT molecular complexity index is 1070. The number of ether oxygens (including phenoxy) is 1. The monoisotopic (exact) mass is 327 g/mol. The second kappa shape index (κ2) is 5.96. The fourth-order valence-electron chi connectivity index (χ4n) is 2.73. The number of nitrogens with zero attached hydrogens (tertiary/aromatic N) is 1. The Kier molecular flexibility index (Phi) is 3.97. The molecule has 2 heterocycles. The molecule has 2 aromatic heterocycles. The number of rotatable bonds is 3. The lowest BCUT2D eigenvalue weighted by Gasteiger charge is -2.10. The number of pyridine rings is 1. The fourth-order valence-corrected chi connectivity index (χ4v) is 2.73. The number of aryl methyl sites for hydroxylation is 2. The maximum Gasteiger partial charge on any atom is 0.343 e. The molecule has 6 heteroatoms. The third-order valence-corrected chi connectivity index (χ3v) is 3.88. The van der Waals surface area contributed by atoms with Crippen molar-refractivity contribution in [1.29, 1.82) is 0 Å². The molecule has 0 saturated carbocycles. The van der Waals surface area contributed by atoms with Crippen LogP contribution in [0.1, 0.15) is 29.8 Å². The predicted molar refractivity (Wildman–Crippen MR) is 90.6 cm³/mol. The summed E-state index contributed by atoms with van der Waals surface area (Å²) in [7, 11) is 0. The molecule has 0 aliphatic rings. The van der Waals surface area contributed by atoms with Crippen LogP contribution in [0.2, 0.25) is 0 Å². The molecule has 0 aliphatic heterocycles. The minimum absolute atomic E-state index is 0.147. The van der Waals surface area contributed by atoms with Gasteiger partial charge in [-0.25, -0.2) is 4.79 Å². The molecule has 3 rings (SSSR count). The van der Waals surface area contributed by atoms with Gasteiger partial charge in [-0.2, -0.15) is 0 Å². The number of hydrogen-bond acceptors (Lipinski definition) is 5. The molecular formula is C18H17NO5. The van der Waals surface area contributed by atoms with Crippen molar-refractivity contribution in [2.24, 2.45) is 0 Å². The van der Waals surface area contributed by atoms with Crippen LogP contribution in [0, 0.1) is 6.92 Å². The van der Waals surface area contributed by atoms with Gasteiger partial charge in [0.1, 0.15) is 11.1 Å². The standard InChI is InChI=1S/C18H17NO5/c1-4-19-16(21)13(18(22)23-5-2)9-12-15(20)11-8-10(3)6-7-14(11)24-17(12)19/h6-9H,4-5H2,1-3H3. The molecule has 0 N–H and O–H groups in total. The quantitative estimate of drug-likeness (QED) is 0.546. The van der Waals surface area contributed by atoms with Crippen molar-refractivity contribution in [3.8, 4) is 0 Å². The van der Waals surface area contributed by atoms with Crippen molar-refractivity contribution >= 4 is 28.0 Å². The molecule has 0 radical (unpaired) electrons. The largest absolute Gasteiger partial charge is 0.462 e. The summed E-state index contributed by atoms with van der Waals surface area (Å²) in [5, 5.41) is 0.608. The van der Waals surface area contributed by atoms with Gasteiger partial charge in [0.15, 0.2) is 0 Å². The first-order valence-corrected chi connectivity index (χ1v) is 7.76. The summed E-state index contributed by atoms with van der Waals surface area (Å²) in [5.74, 6) is -0.740. The highest BCUT2D eigenvalue weighted by molar-refractivity contribution is 5.95. The SMILES string of the molecule is CCOC(=O)c1cc2c(=O)c3cc(C)ccc3oc2n(CC)c1=O. The summed E-state index contributed by atoms with van der Waals surface area (Å²) in [6.07, 6.45) is 0. The van der Waals surface area contributed by atoms with E-state index in [4.69, 9.17) is 9.15 Å². The maximum atomic E-state index is 12.8. The first kappa shape index (κ1) is 16.0. The Morgan fingerprint density at radius 1 is 1.17 bits per heavy atom.